The Morgan fingerprint density at radius 3 is 2.78 bits per heavy atom. The van der Waals surface area contributed by atoms with E-state index in [2.05, 4.69) is 10.3 Å². The van der Waals surface area contributed by atoms with Crippen LogP contribution in [0.25, 0.3) is 16.6 Å². The number of aryl methyl sites for hydroxylation is 2. The maximum Gasteiger partial charge on any atom is 0.264 e. The summed E-state index contributed by atoms with van der Waals surface area (Å²) in [6.45, 7) is 2.62. The standard InChI is InChI=1S/C24H23F2N5O/c1-13-7-20(29-22-18(24(32)27-2)10-28-21(13)22)31-6-4-5-14-8-16(15-11-30(3)12-15)17(23(25)26)9-19(14)31/h7-12,23H,4-6H2,1-3H3,(H-,27,28,29,32)/p+1. The van der Waals surface area contributed by atoms with E-state index in [1.807, 2.05) is 48.0 Å². The minimum atomic E-state index is -2.58. The third-order valence-corrected chi connectivity index (χ3v) is 6.17. The first-order valence-electron chi connectivity index (χ1n) is 10.6. The monoisotopic (exact) mass is 436 g/mol. The molecule has 6 nitrogen and oxygen atoms in total. The second-order valence-corrected chi connectivity index (χ2v) is 8.31. The van der Waals surface area contributed by atoms with Gasteiger partial charge in [0.2, 0.25) is 0 Å². The molecule has 1 aromatic carbocycles. The Hall–Kier alpha value is -3.55. The van der Waals surface area contributed by atoms with Gasteiger partial charge in [-0.05, 0) is 49.1 Å². The van der Waals surface area contributed by atoms with Crippen LogP contribution in [-0.4, -0.2) is 47.3 Å². The molecule has 4 heterocycles. The molecule has 0 saturated heterocycles. The van der Waals surface area contributed by atoms with Gasteiger partial charge in [-0.2, -0.15) is 0 Å². The number of allylic oxidation sites excluding steroid dienone is 1. The zero-order valence-corrected chi connectivity index (χ0v) is 18.2. The number of aromatic nitrogens is 2. The van der Waals surface area contributed by atoms with E-state index in [4.69, 9.17) is 4.98 Å². The number of alkyl halides is 2. The fraction of sp³-hybridized carbons (Fsp3) is 0.292. The fourth-order valence-electron chi connectivity index (χ4n) is 4.57. The number of aromatic amines is 1. The lowest BCUT2D eigenvalue weighted by Crippen LogP contribution is -2.26. The number of benzene rings is 1. The van der Waals surface area contributed by atoms with Crippen LogP contribution in [0.4, 0.5) is 20.3 Å². The van der Waals surface area contributed by atoms with Crippen molar-refractivity contribution in [2.45, 2.75) is 26.2 Å². The lowest BCUT2D eigenvalue weighted by Gasteiger charge is -2.32. The SMILES string of the molecule is CNC(=O)c1c[nH]c2c(C)cc(N3CCCc4cc(C5=C[N+](C)=C5)c(C(F)F)cc43)nc12. The van der Waals surface area contributed by atoms with Crippen LogP contribution in [0, 0.1) is 6.92 Å². The lowest BCUT2D eigenvalue weighted by atomic mass is 9.91. The number of carbonyl (C=O) groups excluding carboxylic acids is 1. The average Bonchev–Trinajstić information content (AvgIpc) is 3.19. The molecule has 0 spiro atoms. The molecule has 3 aromatic rings. The van der Waals surface area contributed by atoms with E-state index in [1.165, 1.54) is 0 Å². The maximum atomic E-state index is 14.0. The summed E-state index contributed by atoms with van der Waals surface area (Å²) in [6.07, 6.45) is 4.50. The van der Waals surface area contributed by atoms with E-state index >= 15 is 0 Å². The van der Waals surface area contributed by atoms with Crippen molar-refractivity contribution in [2.24, 2.45) is 0 Å². The third kappa shape index (κ3) is 3.18. The van der Waals surface area contributed by atoms with Crippen molar-refractivity contribution in [3.8, 4) is 0 Å². The Morgan fingerprint density at radius 2 is 2.09 bits per heavy atom. The van der Waals surface area contributed by atoms with Crippen LogP contribution in [0.3, 0.4) is 0 Å². The number of amides is 1. The highest BCUT2D eigenvalue weighted by molar-refractivity contribution is 6.11. The molecule has 0 fully saturated rings. The first kappa shape index (κ1) is 20.4. The van der Waals surface area contributed by atoms with E-state index in [0.717, 1.165) is 40.7 Å². The van der Waals surface area contributed by atoms with E-state index in [1.54, 1.807) is 19.3 Å². The number of anilines is 2. The Kier molecular flexibility index (Phi) is 4.80. The maximum absolute atomic E-state index is 14.0. The van der Waals surface area contributed by atoms with Gasteiger partial charge in [-0.15, -0.1) is 0 Å². The summed E-state index contributed by atoms with van der Waals surface area (Å²) in [7, 11) is 3.46. The van der Waals surface area contributed by atoms with Gasteiger partial charge in [0, 0.05) is 36.6 Å². The number of nitrogens with one attached hydrogen (secondary N) is 2. The summed E-state index contributed by atoms with van der Waals surface area (Å²) in [5.74, 6) is 0.432. The first-order valence-corrected chi connectivity index (χ1v) is 10.6. The first-order chi connectivity index (χ1) is 15.4. The van der Waals surface area contributed by atoms with Crippen molar-refractivity contribution in [1.29, 1.82) is 0 Å². The normalized spacial score (nSPS) is 15.4. The molecule has 164 valence electrons. The van der Waals surface area contributed by atoms with Crippen LogP contribution in [0.2, 0.25) is 0 Å². The van der Waals surface area contributed by atoms with Crippen molar-refractivity contribution in [3.63, 3.8) is 0 Å². The summed E-state index contributed by atoms with van der Waals surface area (Å²) < 4.78 is 29.9. The number of H-pyrrole nitrogens is 1. The molecule has 2 aliphatic rings. The van der Waals surface area contributed by atoms with Crippen LogP contribution < -0.4 is 10.2 Å². The molecule has 0 aliphatic carbocycles. The number of hydrogen-bond donors (Lipinski definition) is 2. The molecule has 8 heteroatoms. The summed E-state index contributed by atoms with van der Waals surface area (Å²) in [6, 6.07) is 5.45. The Balaban J connectivity index is 1.64. The van der Waals surface area contributed by atoms with E-state index in [-0.39, 0.29) is 11.5 Å². The molecule has 0 unspecified atom stereocenters. The second-order valence-electron chi connectivity index (χ2n) is 8.31. The van der Waals surface area contributed by atoms with Crippen LogP contribution in [0.5, 0.6) is 0 Å². The van der Waals surface area contributed by atoms with Gasteiger partial charge in [-0.1, -0.05) is 0 Å². The molecule has 0 bridgehead atoms. The van der Waals surface area contributed by atoms with Crippen LogP contribution in [-0.2, 0) is 6.42 Å². The summed E-state index contributed by atoms with van der Waals surface area (Å²) in [4.78, 5) is 22.2. The number of carbonyl (C=O) groups is 1. The zero-order chi connectivity index (χ0) is 22.6. The molecule has 5 rings (SSSR count). The predicted octanol–water partition coefficient (Wildman–Crippen LogP) is 4.32. The average molecular weight is 436 g/mol. The van der Waals surface area contributed by atoms with Crippen molar-refractivity contribution in [2.75, 3.05) is 25.5 Å². The Bertz CT molecular complexity index is 1320. The number of hydrogen-bond acceptors (Lipinski definition) is 3. The number of nitrogens with zero attached hydrogens (tertiary/aromatic N) is 3. The summed E-state index contributed by atoms with van der Waals surface area (Å²) in [5, 5.41) is 2.64. The third-order valence-electron chi connectivity index (χ3n) is 6.17. The molecule has 0 atom stereocenters. The zero-order valence-electron chi connectivity index (χ0n) is 18.2. The molecular weight excluding hydrogens is 412 g/mol. The molecular formula is C24H24F2N5O+. The van der Waals surface area contributed by atoms with Crippen LogP contribution >= 0.6 is 0 Å². The van der Waals surface area contributed by atoms with E-state index in [9.17, 15) is 13.6 Å². The predicted molar refractivity (Wildman–Crippen MR) is 121 cm³/mol. The van der Waals surface area contributed by atoms with Crippen LogP contribution in [0.1, 0.15) is 45.5 Å². The molecule has 2 aromatic heterocycles. The van der Waals surface area contributed by atoms with Gasteiger partial charge in [0.25, 0.3) is 12.3 Å². The van der Waals surface area contributed by atoms with Gasteiger partial charge in [0.05, 0.1) is 11.1 Å². The second kappa shape index (κ2) is 7.55. The molecule has 0 radical (unpaired) electrons. The number of rotatable bonds is 4. The van der Waals surface area contributed by atoms with Gasteiger partial charge in [-0.3, -0.25) is 4.79 Å². The minimum absolute atomic E-state index is 0.0248. The van der Waals surface area contributed by atoms with E-state index < -0.39 is 6.43 Å². The summed E-state index contributed by atoms with van der Waals surface area (Å²) >= 11 is 0. The molecule has 1 amide bonds. The molecule has 0 saturated carbocycles. The van der Waals surface area contributed by atoms with Crippen LogP contribution in [0.15, 0.2) is 30.6 Å². The summed E-state index contributed by atoms with van der Waals surface area (Å²) in [5.41, 5.74) is 5.99. The largest absolute Gasteiger partial charge is 0.359 e. The van der Waals surface area contributed by atoms with Gasteiger partial charge in [-0.25, -0.2) is 18.3 Å². The quantitative estimate of drug-likeness (QED) is 0.599. The highest BCUT2D eigenvalue weighted by atomic mass is 19.3. The van der Waals surface area contributed by atoms with Gasteiger partial charge in [0.1, 0.15) is 24.0 Å². The highest BCUT2D eigenvalue weighted by Crippen LogP contribution is 2.40. The van der Waals surface area contributed by atoms with E-state index in [0.29, 0.717) is 29.0 Å². The van der Waals surface area contributed by atoms with Gasteiger partial charge >= 0.3 is 0 Å². The van der Waals surface area contributed by atoms with Crippen molar-refractivity contribution in [3.05, 3.63) is 58.4 Å². The van der Waals surface area contributed by atoms with Crippen molar-refractivity contribution < 1.29 is 18.2 Å². The number of fused-ring (bicyclic) bond motifs is 2. The fourth-order valence-corrected chi connectivity index (χ4v) is 4.57. The topological polar surface area (TPSA) is 64.0 Å². The van der Waals surface area contributed by atoms with Crippen molar-refractivity contribution in [1.82, 2.24) is 15.3 Å². The number of pyridine rings is 1. The Labute approximate surface area is 184 Å². The Morgan fingerprint density at radius 1 is 1.31 bits per heavy atom. The smallest absolute Gasteiger partial charge is 0.264 e. The molecule has 32 heavy (non-hydrogen) atoms. The molecule has 2 N–H and O–H groups in total. The highest BCUT2D eigenvalue weighted by Gasteiger charge is 2.28. The lowest BCUT2D eigenvalue weighted by molar-refractivity contribution is -0.423. The minimum Gasteiger partial charge on any atom is -0.359 e. The molecule has 2 aliphatic heterocycles. The van der Waals surface area contributed by atoms with Crippen molar-refractivity contribution >= 4 is 40.2 Å². The van der Waals surface area contributed by atoms with Gasteiger partial charge in [0.15, 0.2) is 12.4 Å². The van der Waals surface area contributed by atoms with Gasteiger partial charge < -0.3 is 15.2 Å². The number of halogens is 2.